The van der Waals surface area contributed by atoms with Crippen molar-refractivity contribution in [2.45, 2.75) is 6.54 Å². The number of ether oxygens (including phenoxy) is 1. The molecule has 0 atom stereocenters. The summed E-state index contributed by atoms with van der Waals surface area (Å²) >= 11 is 0. The molecule has 1 aromatic heterocycles. The zero-order valence-corrected chi connectivity index (χ0v) is 13.0. The van der Waals surface area contributed by atoms with Crippen LogP contribution in [-0.2, 0) is 6.54 Å². The molecule has 3 rings (SSSR count). The van der Waals surface area contributed by atoms with Crippen LogP contribution in [0.15, 0.2) is 60.8 Å². The molecule has 3 aromatic rings. The molecule has 0 fully saturated rings. The number of benzene rings is 2. The van der Waals surface area contributed by atoms with E-state index in [4.69, 9.17) is 4.74 Å². The first-order valence-corrected chi connectivity index (χ1v) is 7.32. The van der Waals surface area contributed by atoms with Crippen molar-refractivity contribution in [1.29, 1.82) is 0 Å². The summed E-state index contributed by atoms with van der Waals surface area (Å²) < 4.78 is 31.5. The molecule has 0 aliphatic rings. The van der Waals surface area contributed by atoms with Gasteiger partial charge in [0, 0.05) is 25.9 Å². The van der Waals surface area contributed by atoms with Crippen molar-refractivity contribution >= 4 is 5.95 Å². The van der Waals surface area contributed by atoms with Crippen molar-refractivity contribution in [3.05, 3.63) is 78.0 Å². The maximum Gasteiger partial charge on any atom is 0.228 e. The highest BCUT2D eigenvalue weighted by molar-refractivity contribution is 5.35. The second-order valence-corrected chi connectivity index (χ2v) is 5.23. The van der Waals surface area contributed by atoms with Crippen LogP contribution in [0.2, 0.25) is 0 Å². The average Bonchev–Trinajstić information content (AvgIpc) is 2.59. The Hall–Kier alpha value is -3.02. The molecule has 0 amide bonds. The van der Waals surface area contributed by atoms with Crippen LogP contribution in [0.3, 0.4) is 0 Å². The zero-order valence-electron chi connectivity index (χ0n) is 13.0. The van der Waals surface area contributed by atoms with Crippen LogP contribution < -0.4 is 9.64 Å². The summed E-state index contributed by atoms with van der Waals surface area (Å²) in [5, 5.41) is 0. The first kappa shape index (κ1) is 15.9. The molecular weight excluding hydrogens is 312 g/mol. The van der Waals surface area contributed by atoms with E-state index < -0.39 is 0 Å². The minimum Gasteiger partial charge on any atom is -0.439 e. The van der Waals surface area contributed by atoms with Gasteiger partial charge in [0.25, 0.3) is 0 Å². The molecule has 0 aliphatic heterocycles. The van der Waals surface area contributed by atoms with Gasteiger partial charge in [-0.3, -0.25) is 0 Å². The molecule has 0 spiro atoms. The van der Waals surface area contributed by atoms with Crippen molar-refractivity contribution in [3.63, 3.8) is 0 Å². The smallest absolute Gasteiger partial charge is 0.228 e. The number of nitrogens with zero attached hydrogens (tertiary/aromatic N) is 3. The Morgan fingerprint density at radius 2 is 1.54 bits per heavy atom. The van der Waals surface area contributed by atoms with Crippen molar-refractivity contribution in [2.24, 2.45) is 0 Å². The topological polar surface area (TPSA) is 38.2 Å². The molecule has 0 saturated heterocycles. The van der Waals surface area contributed by atoms with E-state index in [1.54, 1.807) is 24.4 Å². The lowest BCUT2D eigenvalue weighted by Crippen LogP contribution is -2.19. The maximum atomic E-state index is 13.0. The number of hydrogen-bond acceptors (Lipinski definition) is 4. The van der Waals surface area contributed by atoms with Crippen molar-refractivity contribution in [2.75, 3.05) is 11.9 Å². The fourth-order valence-corrected chi connectivity index (χ4v) is 2.13. The minimum atomic E-state index is -0.329. The van der Waals surface area contributed by atoms with E-state index in [1.807, 2.05) is 11.9 Å². The van der Waals surface area contributed by atoms with Crippen LogP contribution in [0.1, 0.15) is 5.56 Å². The quantitative estimate of drug-likeness (QED) is 0.704. The van der Waals surface area contributed by atoms with E-state index in [1.165, 1.54) is 36.4 Å². The van der Waals surface area contributed by atoms with Crippen molar-refractivity contribution in [1.82, 2.24) is 9.97 Å². The van der Waals surface area contributed by atoms with Crippen molar-refractivity contribution in [3.8, 4) is 11.6 Å². The Labute approximate surface area is 138 Å². The summed E-state index contributed by atoms with van der Waals surface area (Å²) in [4.78, 5) is 10.4. The van der Waals surface area contributed by atoms with E-state index >= 15 is 0 Å². The van der Waals surface area contributed by atoms with Crippen LogP contribution >= 0.6 is 0 Å². The van der Waals surface area contributed by atoms with E-state index in [9.17, 15) is 8.78 Å². The van der Waals surface area contributed by atoms with Gasteiger partial charge in [0.2, 0.25) is 11.8 Å². The van der Waals surface area contributed by atoms with Gasteiger partial charge in [-0.15, -0.1) is 0 Å². The first-order valence-electron chi connectivity index (χ1n) is 7.32. The highest BCUT2D eigenvalue weighted by atomic mass is 19.1. The molecule has 1 heterocycles. The predicted octanol–water partition coefficient (Wildman–Crippen LogP) is 4.18. The van der Waals surface area contributed by atoms with Gasteiger partial charge >= 0.3 is 0 Å². The van der Waals surface area contributed by atoms with Gasteiger partial charge in [0.05, 0.1) is 0 Å². The number of rotatable bonds is 5. The van der Waals surface area contributed by atoms with Crippen LogP contribution in [0, 0.1) is 11.6 Å². The average molecular weight is 327 g/mol. The normalized spacial score (nSPS) is 10.5. The second-order valence-electron chi connectivity index (χ2n) is 5.23. The lowest BCUT2D eigenvalue weighted by atomic mass is 10.2. The molecule has 0 radical (unpaired) electrons. The molecule has 0 aliphatic carbocycles. The van der Waals surface area contributed by atoms with E-state index in [2.05, 4.69) is 9.97 Å². The number of anilines is 1. The molecule has 2 aromatic carbocycles. The first-order chi connectivity index (χ1) is 11.6. The molecule has 122 valence electrons. The molecule has 6 heteroatoms. The SMILES string of the molecule is CN(Cc1ccc(F)cc1)c1nccc(Oc2ccc(F)cc2)n1. The Kier molecular flexibility index (Phi) is 4.65. The fraction of sp³-hybridized carbons (Fsp3) is 0.111. The molecule has 24 heavy (non-hydrogen) atoms. The molecule has 0 unspecified atom stereocenters. The summed E-state index contributed by atoms with van der Waals surface area (Å²) in [6, 6.07) is 13.6. The molecule has 4 nitrogen and oxygen atoms in total. The molecule has 0 bridgehead atoms. The monoisotopic (exact) mass is 327 g/mol. The van der Waals surface area contributed by atoms with Crippen LogP contribution in [0.5, 0.6) is 11.6 Å². The standard InChI is InChI=1S/C18H15F2N3O/c1-23(12-13-2-4-14(19)5-3-13)18-21-11-10-17(22-18)24-16-8-6-15(20)7-9-16/h2-11H,12H2,1H3. The molecule has 0 N–H and O–H groups in total. The molecular formula is C18H15F2N3O. The van der Waals surface area contributed by atoms with Crippen LogP contribution in [0.25, 0.3) is 0 Å². The highest BCUT2D eigenvalue weighted by Gasteiger charge is 2.08. The van der Waals surface area contributed by atoms with Crippen LogP contribution in [-0.4, -0.2) is 17.0 Å². The van der Waals surface area contributed by atoms with Gasteiger partial charge in [0.15, 0.2) is 0 Å². The highest BCUT2D eigenvalue weighted by Crippen LogP contribution is 2.21. The Morgan fingerprint density at radius 3 is 2.21 bits per heavy atom. The van der Waals surface area contributed by atoms with Gasteiger partial charge in [-0.25, -0.2) is 13.8 Å². The third-order valence-electron chi connectivity index (χ3n) is 3.33. The molecule has 0 saturated carbocycles. The summed E-state index contributed by atoms with van der Waals surface area (Å²) in [5.74, 6) is 0.718. The minimum absolute atomic E-state index is 0.271. The van der Waals surface area contributed by atoms with E-state index in [0.717, 1.165) is 5.56 Å². The third-order valence-corrected chi connectivity index (χ3v) is 3.33. The zero-order chi connectivity index (χ0) is 16.9. The summed E-state index contributed by atoms with van der Waals surface area (Å²) in [6.45, 7) is 0.528. The lowest BCUT2D eigenvalue weighted by Gasteiger charge is -2.17. The number of aromatic nitrogens is 2. The van der Waals surface area contributed by atoms with E-state index in [-0.39, 0.29) is 11.6 Å². The Bertz CT molecular complexity index is 807. The van der Waals surface area contributed by atoms with Gasteiger partial charge in [-0.05, 0) is 42.0 Å². The number of hydrogen-bond donors (Lipinski definition) is 0. The summed E-state index contributed by atoms with van der Waals surface area (Å²) in [7, 11) is 1.83. The third kappa shape index (κ3) is 4.04. The summed E-state index contributed by atoms with van der Waals surface area (Å²) in [6.07, 6.45) is 1.59. The second kappa shape index (κ2) is 7.04. The largest absolute Gasteiger partial charge is 0.439 e. The maximum absolute atomic E-state index is 13.0. The van der Waals surface area contributed by atoms with Gasteiger partial charge in [-0.2, -0.15) is 4.98 Å². The van der Waals surface area contributed by atoms with Gasteiger partial charge < -0.3 is 9.64 Å². The van der Waals surface area contributed by atoms with Crippen LogP contribution in [0.4, 0.5) is 14.7 Å². The summed E-state index contributed by atoms with van der Waals surface area (Å²) in [5.41, 5.74) is 0.937. The van der Waals surface area contributed by atoms with E-state index in [0.29, 0.717) is 24.1 Å². The Balaban J connectivity index is 1.71. The number of halogens is 2. The van der Waals surface area contributed by atoms with Gasteiger partial charge in [-0.1, -0.05) is 12.1 Å². The van der Waals surface area contributed by atoms with Gasteiger partial charge in [0.1, 0.15) is 17.4 Å². The van der Waals surface area contributed by atoms with Crippen molar-refractivity contribution < 1.29 is 13.5 Å². The predicted molar refractivity (Wildman–Crippen MR) is 87.0 cm³/mol. The fourth-order valence-electron chi connectivity index (χ4n) is 2.13. The Morgan fingerprint density at radius 1 is 0.917 bits per heavy atom. The lowest BCUT2D eigenvalue weighted by molar-refractivity contribution is 0.459.